The van der Waals surface area contributed by atoms with Gasteiger partial charge in [0.05, 0.1) is 0 Å². The average molecular weight is 284 g/mol. The summed E-state index contributed by atoms with van der Waals surface area (Å²) < 4.78 is 1.19. The fourth-order valence-electron chi connectivity index (χ4n) is 1.94. The van der Waals surface area contributed by atoms with Crippen LogP contribution in [0.5, 0.6) is 0 Å². The molecule has 1 N–H and O–H groups in total. The Bertz CT molecular complexity index is 311. The van der Waals surface area contributed by atoms with Crippen LogP contribution in [-0.4, -0.2) is 6.04 Å². The lowest BCUT2D eigenvalue weighted by molar-refractivity contribution is 0.443. The topological polar surface area (TPSA) is 12.0 Å². The van der Waals surface area contributed by atoms with Crippen molar-refractivity contribution >= 4 is 15.9 Å². The Morgan fingerprint density at radius 2 is 1.94 bits per heavy atom. The summed E-state index contributed by atoms with van der Waals surface area (Å²) in [6.45, 7) is 6.73. The van der Waals surface area contributed by atoms with Crippen LogP contribution in [0.1, 0.15) is 51.6 Å². The number of halogens is 1. The number of rotatable bonds is 6. The first-order valence-electron chi connectivity index (χ1n) is 6.15. The average Bonchev–Trinajstić information content (AvgIpc) is 2.26. The Kier molecular flexibility index (Phi) is 6.07. The van der Waals surface area contributed by atoms with Crippen molar-refractivity contribution in [2.24, 2.45) is 0 Å². The zero-order valence-corrected chi connectivity index (χ0v) is 12.0. The minimum Gasteiger partial charge on any atom is -0.308 e. The van der Waals surface area contributed by atoms with Crippen molar-refractivity contribution in [2.75, 3.05) is 0 Å². The molecule has 1 unspecified atom stereocenters. The molecule has 0 fully saturated rings. The highest BCUT2D eigenvalue weighted by molar-refractivity contribution is 9.10. The van der Waals surface area contributed by atoms with E-state index >= 15 is 0 Å². The van der Waals surface area contributed by atoms with Gasteiger partial charge in [-0.3, -0.25) is 0 Å². The molecule has 90 valence electrons. The summed E-state index contributed by atoms with van der Waals surface area (Å²) in [6, 6.07) is 9.42. The Hall–Kier alpha value is -0.340. The molecule has 0 heterocycles. The standard InChI is InChI=1S/C14H22BrN/c1-4-5-8-11(2)16-12(3)13-9-6-7-10-14(13)15/h6-7,9-12,16H,4-5,8H2,1-3H3/t11?,12-/m0/s1. The molecule has 0 bridgehead atoms. The van der Waals surface area contributed by atoms with Gasteiger partial charge in [-0.2, -0.15) is 0 Å². The second-order valence-corrected chi connectivity index (χ2v) is 5.31. The quantitative estimate of drug-likeness (QED) is 0.800. The molecule has 0 aliphatic heterocycles. The molecule has 0 aliphatic carbocycles. The van der Waals surface area contributed by atoms with E-state index in [-0.39, 0.29) is 0 Å². The van der Waals surface area contributed by atoms with E-state index in [0.717, 1.165) is 0 Å². The summed E-state index contributed by atoms with van der Waals surface area (Å²) in [6.07, 6.45) is 3.83. The number of unbranched alkanes of at least 4 members (excludes halogenated alkanes) is 1. The molecule has 0 aromatic heterocycles. The van der Waals surface area contributed by atoms with Crippen molar-refractivity contribution in [1.29, 1.82) is 0 Å². The molecule has 0 spiro atoms. The summed E-state index contributed by atoms with van der Waals surface area (Å²) >= 11 is 3.60. The highest BCUT2D eigenvalue weighted by atomic mass is 79.9. The molecule has 1 nitrogen and oxygen atoms in total. The van der Waals surface area contributed by atoms with Crippen LogP contribution in [0, 0.1) is 0 Å². The van der Waals surface area contributed by atoms with Crippen molar-refractivity contribution in [3.8, 4) is 0 Å². The highest BCUT2D eigenvalue weighted by Gasteiger charge is 2.11. The Balaban J connectivity index is 2.52. The van der Waals surface area contributed by atoms with Gasteiger partial charge < -0.3 is 5.32 Å². The maximum atomic E-state index is 3.64. The van der Waals surface area contributed by atoms with Crippen molar-refractivity contribution in [3.63, 3.8) is 0 Å². The molecule has 1 rings (SSSR count). The van der Waals surface area contributed by atoms with E-state index < -0.39 is 0 Å². The SMILES string of the molecule is CCCCC(C)N[C@@H](C)c1ccccc1Br. The molecule has 2 atom stereocenters. The van der Waals surface area contributed by atoms with Crippen molar-refractivity contribution < 1.29 is 0 Å². The van der Waals surface area contributed by atoms with Crippen LogP contribution in [0.25, 0.3) is 0 Å². The van der Waals surface area contributed by atoms with Gasteiger partial charge in [0.1, 0.15) is 0 Å². The highest BCUT2D eigenvalue weighted by Crippen LogP contribution is 2.23. The van der Waals surface area contributed by atoms with E-state index in [2.05, 4.69) is 66.3 Å². The van der Waals surface area contributed by atoms with Gasteiger partial charge in [-0.15, -0.1) is 0 Å². The van der Waals surface area contributed by atoms with Gasteiger partial charge in [0.2, 0.25) is 0 Å². The second-order valence-electron chi connectivity index (χ2n) is 4.45. The summed E-state index contributed by atoms with van der Waals surface area (Å²) in [5, 5.41) is 3.64. The van der Waals surface area contributed by atoms with E-state index in [9.17, 15) is 0 Å². The molecular weight excluding hydrogens is 262 g/mol. The van der Waals surface area contributed by atoms with E-state index in [4.69, 9.17) is 0 Å². The fourth-order valence-corrected chi connectivity index (χ4v) is 2.56. The maximum Gasteiger partial charge on any atom is 0.0305 e. The zero-order valence-electron chi connectivity index (χ0n) is 10.5. The summed E-state index contributed by atoms with van der Waals surface area (Å²) in [7, 11) is 0. The van der Waals surface area contributed by atoms with Gasteiger partial charge in [0.15, 0.2) is 0 Å². The van der Waals surface area contributed by atoms with E-state index in [1.54, 1.807) is 0 Å². The van der Waals surface area contributed by atoms with Crippen LogP contribution in [-0.2, 0) is 0 Å². The van der Waals surface area contributed by atoms with Gasteiger partial charge >= 0.3 is 0 Å². The van der Waals surface area contributed by atoms with Gasteiger partial charge in [-0.1, -0.05) is 53.9 Å². The Labute approximate surface area is 108 Å². The first kappa shape index (κ1) is 13.7. The number of hydrogen-bond acceptors (Lipinski definition) is 1. The minimum atomic E-state index is 0.405. The van der Waals surface area contributed by atoms with Crippen molar-refractivity contribution in [1.82, 2.24) is 5.32 Å². The van der Waals surface area contributed by atoms with Gasteiger partial charge in [-0.05, 0) is 31.9 Å². The third kappa shape index (κ3) is 4.26. The Morgan fingerprint density at radius 3 is 2.56 bits per heavy atom. The third-order valence-electron chi connectivity index (χ3n) is 2.90. The van der Waals surface area contributed by atoms with Crippen molar-refractivity contribution in [2.45, 2.75) is 52.1 Å². The Morgan fingerprint density at radius 1 is 1.25 bits per heavy atom. The summed E-state index contributed by atoms with van der Waals surface area (Å²) in [5.74, 6) is 0. The molecule has 0 aliphatic rings. The van der Waals surface area contributed by atoms with Gasteiger partial charge in [0, 0.05) is 16.6 Å². The molecule has 16 heavy (non-hydrogen) atoms. The monoisotopic (exact) mass is 283 g/mol. The predicted molar refractivity (Wildman–Crippen MR) is 74.7 cm³/mol. The van der Waals surface area contributed by atoms with Crippen LogP contribution in [0.3, 0.4) is 0 Å². The summed E-state index contributed by atoms with van der Waals surface area (Å²) in [5.41, 5.74) is 1.34. The van der Waals surface area contributed by atoms with Crippen LogP contribution >= 0.6 is 15.9 Å². The minimum absolute atomic E-state index is 0.405. The molecule has 0 saturated heterocycles. The van der Waals surface area contributed by atoms with E-state index in [0.29, 0.717) is 12.1 Å². The van der Waals surface area contributed by atoms with Crippen LogP contribution in [0.2, 0.25) is 0 Å². The normalized spacial score (nSPS) is 14.8. The third-order valence-corrected chi connectivity index (χ3v) is 3.62. The largest absolute Gasteiger partial charge is 0.308 e. The molecule has 1 aromatic rings. The lowest BCUT2D eigenvalue weighted by Gasteiger charge is -2.21. The molecular formula is C14H22BrN. The van der Waals surface area contributed by atoms with Crippen LogP contribution in [0.15, 0.2) is 28.7 Å². The lowest BCUT2D eigenvalue weighted by Crippen LogP contribution is -2.29. The number of hydrogen-bond donors (Lipinski definition) is 1. The fraction of sp³-hybridized carbons (Fsp3) is 0.571. The first-order chi connectivity index (χ1) is 7.65. The van der Waals surface area contributed by atoms with Gasteiger partial charge in [-0.25, -0.2) is 0 Å². The summed E-state index contributed by atoms with van der Waals surface area (Å²) in [4.78, 5) is 0. The predicted octanol–water partition coefficient (Wildman–Crippen LogP) is 4.68. The molecule has 0 amide bonds. The van der Waals surface area contributed by atoms with Crippen molar-refractivity contribution in [3.05, 3.63) is 34.3 Å². The number of nitrogens with one attached hydrogen (secondary N) is 1. The molecule has 0 radical (unpaired) electrons. The zero-order chi connectivity index (χ0) is 12.0. The van der Waals surface area contributed by atoms with E-state index in [1.165, 1.54) is 29.3 Å². The molecule has 0 saturated carbocycles. The maximum absolute atomic E-state index is 3.64. The van der Waals surface area contributed by atoms with Gasteiger partial charge in [0.25, 0.3) is 0 Å². The van der Waals surface area contributed by atoms with Crippen LogP contribution < -0.4 is 5.32 Å². The lowest BCUT2D eigenvalue weighted by atomic mass is 10.1. The smallest absolute Gasteiger partial charge is 0.0305 e. The molecule has 2 heteroatoms. The number of benzene rings is 1. The first-order valence-corrected chi connectivity index (χ1v) is 6.95. The van der Waals surface area contributed by atoms with E-state index in [1.807, 2.05) is 0 Å². The van der Waals surface area contributed by atoms with Crippen LogP contribution in [0.4, 0.5) is 0 Å². The molecule has 1 aromatic carbocycles. The second kappa shape index (κ2) is 7.08.